The molecule has 3 aliphatic heterocycles. The summed E-state index contributed by atoms with van der Waals surface area (Å²) in [6, 6.07) is 5.15. The molecule has 15 heteroatoms. The molecule has 2 saturated heterocycles. The van der Waals surface area contributed by atoms with E-state index in [4.69, 9.17) is 14.2 Å². The maximum Gasteiger partial charge on any atom is 0.574 e. The molecule has 6 rings (SSSR count). The highest BCUT2D eigenvalue weighted by Gasteiger charge is 2.63. The lowest BCUT2D eigenvalue weighted by molar-refractivity contribution is -0.276. The van der Waals surface area contributed by atoms with Crippen molar-refractivity contribution >= 4 is 5.82 Å². The van der Waals surface area contributed by atoms with E-state index in [0.29, 0.717) is 18.8 Å². The monoisotopic (exact) mass is 540 g/mol. The molecule has 0 unspecified atom stereocenters. The maximum absolute atomic E-state index is 14.6. The van der Waals surface area contributed by atoms with Crippen molar-refractivity contribution < 1.29 is 46.0 Å². The Labute approximate surface area is 209 Å². The van der Waals surface area contributed by atoms with Crippen LogP contribution in [0.3, 0.4) is 0 Å². The van der Waals surface area contributed by atoms with Crippen molar-refractivity contribution in [3.8, 4) is 23.3 Å². The lowest BCUT2D eigenvalue weighted by atomic mass is 9.99. The zero-order valence-corrected chi connectivity index (χ0v) is 19.2. The minimum Gasteiger partial charge on any atom is -0.473 e. The average Bonchev–Trinajstić information content (AvgIpc) is 3.42. The predicted molar refractivity (Wildman–Crippen MR) is 116 cm³/mol. The summed E-state index contributed by atoms with van der Waals surface area (Å²) in [5, 5.41) is 10.5. The Morgan fingerprint density at radius 1 is 1.11 bits per heavy atom. The SMILES string of the molecule is O=c1nc(OCc2cc(F)c(Oc3ccnc(OC(F)(F)F)c3)c(F)c2)cc2n1C[C@]13CO[C@](O)(CN21)C3. The number of rotatable bonds is 6. The van der Waals surface area contributed by atoms with Crippen LogP contribution in [-0.4, -0.2) is 50.5 Å². The Balaban J connectivity index is 1.17. The van der Waals surface area contributed by atoms with Crippen molar-refractivity contribution in [3.63, 3.8) is 0 Å². The van der Waals surface area contributed by atoms with E-state index in [1.54, 1.807) is 0 Å². The van der Waals surface area contributed by atoms with Gasteiger partial charge < -0.3 is 29.0 Å². The Kier molecular flexibility index (Phi) is 5.30. The second kappa shape index (κ2) is 8.26. The highest BCUT2D eigenvalue weighted by molar-refractivity contribution is 5.53. The van der Waals surface area contributed by atoms with E-state index in [2.05, 4.69) is 14.7 Å². The molecule has 1 spiro atoms. The number of nitrogens with zero attached hydrogens (tertiary/aromatic N) is 4. The van der Waals surface area contributed by atoms with E-state index < -0.39 is 46.6 Å². The molecule has 2 aromatic heterocycles. The summed E-state index contributed by atoms with van der Waals surface area (Å²) in [5.41, 5.74) is -1.09. The highest BCUT2D eigenvalue weighted by atomic mass is 19.4. The minimum atomic E-state index is -5.01. The first kappa shape index (κ1) is 24.4. The average molecular weight is 540 g/mol. The standard InChI is InChI=1S/C23H17F5N4O6/c24-14-3-12(4-15(25)19(14)37-13-1-2-29-16(5-13)38-23(26,27)28)7-35-17-6-18-31(20(33)30-17)9-21-8-22(34,36-11-21)10-32(18)21/h1-6,34H,7-11H2/t21-,22+/m1/s1. The zero-order chi connectivity index (χ0) is 26.9. The van der Waals surface area contributed by atoms with Crippen molar-refractivity contribution in [2.45, 2.75) is 37.3 Å². The van der Waals surface area contributed by atoms with Crippen molar-refractivity contribution in [1.82, 2.24) is 14.5 Å². The molecule has 0 amide bonds. The van der Waals surface area contributed by atoms with Crippen molar-refractivity contribution in [2.75, 3.05) is 18.1 Å². The Hall–Kier alpha value is -3.98. The molecule has 2 fully saturated rings. The summed E-state index contributed by atoms with van der Waals surface area (Å²) in [4.78, 5) is 21.7. The van der Waals surface area contributed by atoms with Crippen molar-refractivity contribution in [2.24, 2.45) is 0 Å². The molecule has 1 N–H and O–H groups in total. The third kappa shape index (κ3) is 4.26. The number of anilines is 1. The van der Waals surface area contributed by atoms with Gasteiger partial charge in [0.25, 0.3) is 0 Å². The Bertz CT molecular complexity index is 1480. The van der Waals surface area contributed by atoms with Crippen LogP contribution in [0.1, 0.15) is 12.0 Å². The lowest BCUT2D eigenvalue weighted by Gasteiger charge is -2.33. The van der Waals surface area contributed by atoms with Crippen LogP contribution in [0.15, 0.2) is 41.3 Å². The first-order valence-corrected chi connectivity index (χ1v) is 11.2. The smallest absolute Gasteiger partial charge is 0.473 e. The normalized spacial score (nSPS) is 23.4. The van der Waals surface area contributed by atoms with Gasteiger partial charge in [0.2, 0.25) is 11.8 Å². The van der Waals surface area contributed by atoms with Gasteiger partial charge in [-0.15, -0.1) is 13.2 Å². The minimum absolute atomic E-state index is 0.0324. The number of benzene rings is 1. The molecule has 0 saturated carbocycles. The van der Waals surface area contributed by atoms with Gasteiger partial charge in [0.05, 0.1) is 25.2 Å². The van der Waals surface area contributed by atoms with E-state index in [0.717, 1.165) is 30.5 Å². The van der Waals surface area contributed by atoms with Gasteiger partial charge in [-0.3, -0.25) is 4.57 Å². The predicted octanol–water partition coefficient (Wildman–Crippen LogP) is 2.87. The maximum atomic E-state index is 14.6. The fourth-order valence-corrected chi connectivity index (χ4v) is 5.00. The second-order valence-electron chi connectivity index (χ2n) is 9.20. The number of β-amino-alcohol motifs (C(OH)–C–C–N with tert-alkyl or cyclic N) is 1. The Morgan fingerprint density at radius 3 is 2.58 bits per heavy atom. The first-order valence-electron chi connectivity index (χ1n) is 11.2. The van der Waals surface area contributed by atoms with Gasteiger partial charge in [-0.1, -0.05) is 0 Å². The molecule has 3 aromatic rings. The summed E-state index contributed by atoms with van der Waals surface area (Å²) in [6.07, 6.45) is -3.74. The van der Waals surface area contributed by atoms with Crippen LogP contribution in [0.25, 0.3) is 0 Å². The van der Waals surface area contributed by atoms with E-state index >= 15 is 0 Å². The van der Waals surface area contributed by atoms with Crippen LogP contribution < -0.4 is 24.8 Å². The number of fused-ring (bicyclic) bond motifs is 3. The quantitative estimate of drug-likeness (QED) is 0.473. The van der Waals surface area contributed by atoms with Crippen LogP contribution in [0.5, 0.6) is 23.3 Å². The topological polar surface area (TPSA) is 108 Å². The number of aliphatic hydroxyl groups is 1. The molecule has 1 aromatic carbocycles. The van der Waals surface area contributed by atoms with Gasteiger partial charge in [0.15, 0.2) is 23.2 Å². The van der Waals surface area contributed by atoms with E-state index in [1.165, 1.54) is 10.6 Å². The van der Waals surface area contributed by atoms with E-state index in [9.17, 15) is 31.9 Å². The van der Waals surface area contributed by atoms with Crippen molar-refractivity contribution in [1.29, 1.82) is 0 Å². The second-order valence-corrected chi connectivity index (χ2v) is 9.20. The summed E-state index contributed by atoms with van der Waals surface area (Å²) in [7, 11) is 0. The largest absolute Gasteiger partial charge is 0.574 e. The first-order chi connectivity index (χ1) is 17.9. The van der Waals surface area contributed by atoms with Crippen LogP contribution in [0, 0.1) is 11.6 Å². The van der Waals surface area contributed by atoms with Gasteiger partial charge in [0, 0.05) is 24.8 Å². The van der Waals surface area contributed by atoms with Gasteiger partial charge in [-0.2, -0.15) is 4.98 Å². The van der Waals surface area contributed by atoms with Crippen LogP contribution >= 0.6 is 0 Å². The number of hydrogen-bond acceptors (Lipinski definition) is 9. The van der Waals surface area contributed by atoms with Crippen LogP contribution in [0.4, 0.5) is 27.8 Å². The molecule has 200 valence electrons. The van der Waals surface area contributed by atoms with E-state index in [-0.39, 0.29) is 37.0 Å². The summed E-state index contributed by atoms with van der Waals surface area (Å²) >= 11 is 0. The zero-order valence-electron chi connectivity index (χ0n) is 19.2. The van der Waals surface area contributed by atoms with Crippen molar-refractivity contribution in [3.05, 3.63) is 64.2 Å². The third-order valence-corrected chi connectivity index (χ3v) is 6.48. The molecule has 38 heavy (non-hydrogen) atoms. The summed E-state index contributed by atoms with van der Waals surface area (Å²) in [5.74, 6) is -5.24. The number of pyridine rings is 1. The molecular formula is C23H17F5N4O6. The van der Waals surface area contributed by atoms with Gasteiger partial charge in [-0.05, 0) is 23.8 Å². The third-order valence-electron chi connectivity index (χ3n) is 6.48. The number of ether oxygens (including phenoxy) is 4. The number of hydrogen-bond donors (Lipinski definition) is 1. The van der Waals surface area contributed by atoms with Crippen LogP contribution in [0.2, 0.25) is 0 Å². The fraction of sp³-hybridized carbons (Fsp3) is 0.348. The Morgan fingerprint density at radius 2 is 1.87 bits per heavy atom. The summed E-state index contributed by atoms with van der Waals surface area (Å²) in [6.45, 7) is 0.371. The number of alkyl halides is 3. The number of halogens is 5. The van der Waals surface area contributed by atoms with Gasteiger partial charge in [0.1, 0.15) is 18.2 Å². The molecule has 0 radical (unpaired) electrons. The molecule has 10 nitrogen and oxygen atoms in total. The highest BCUT2D eigenvalue weighted by Crippen LogP contribution is 2.50. The molecule has 2 bridgehead atoms. The molecule has 0 aliphatic carbocycles. The van der Waals surface area contributed by atoms with Crippen LogP contribution in [-0.2, 0) is 17.9 Å². The number of aromatic nitrogens is 3. The summed E-state index contributed by atoms with van der Waals surface area (Å²) < 4.78 is 87.6. The molecule has 3 aliphatic rings. The number of morpholine rings is 1. The van der Waals surface area contributed by atoms with E-state index in [1.807, 2.05) is 4.90 Å². The fourth-order valence-electron chi connectivity index (χ4n) is 5.00. The molecular weight excluding hydrogens is 523 g/mol. The molecule has 5 heterocycles. The lowest BCUT2D eigenvalue weighted by Crippen LogP contribution is -2.48. The van der Waals surface area contributed by atoms with Gasteiger partial charge >= 0.3 is 12.1 Å². The molecule has 2 atom stereocenters. The van der Waals surface area contributed by atoms with Gasteiger partial charge in [-0.25, -0.2) is 18.6 Å².